The molecule has 0 aliphatic carbocycles. The van der Waals surface area contributed by atoms with Crippen molar-refractivity contribution >= 4 is 5.91 Å². The van der Waals surface area contributed by atoms with E-state index in [-0.39, 0.29) is 19.0 Å². The van der Waals surface area contributed by atoms with Gasteiger partial charge in [0.15, 0.2) is 0 Å². The summed E-state index contributed by atoms with van der Waals surface area (Å²) in [6.45, 7) is 4.60. The van der Waals surface area contributed by atoms with Gasteiger partial charge in [0.2, 0.25) is 5.91 Å². The van der Waals surface area contributed by atoms with Gasteiger partial charge in [0.1, 0.15) is 6.61 Å². The molecular weight excluding hydrogens is 223 g/mol. The van der Waals surface area contributed by atoms with Gasteiger partial charge in [0.05, 0.1) is 6.10 Å². The van der Waals surface area contributed by atoms with Crippen LogP contribution in [0.15, 0.2) is 0 Å². The van der Waals surface area contributed by atoms with Gasteiger partial charge in [-0.05, 0) is 0 Å². The summed E-state index contributed by atoms with van der Waals surface area (Å²) >= 11 is 0. The van der Waals surface area contributed by atoms with Gasteiger partial charge in [-0.1, -0.05) is 20.8 Å². The van der Waals surface area contributed by atoms with Crippen LogP contribution in [0.5, 0.6) is 0 Å². The van der Waals surface area contributed by atoms with Gasteiger partial charge >= 0.3 is 6.18 Å². The number of hydrogen-bond acceptors (Lipinski definition) is 2. The zero-order valence-corrected chi connectivity index (χ0v) is 9.60. The average Bonchev–Trinajstić information content (AvgIpc) is 1.96. The number of hydrogen-bond donors (Lipinski definition) is 0. The van der Waals surface area contributed by atoms with Crippen LogP contribution < -0.4 is 0 Å². The number of amides is 1. The lowest BCUT2D eigenvalue weighted by Crippen LogP contribution is -2.58. The van der Waals surface area contributed by atoms with Crippen LogP contribution >= 0.6 is 0 Å². The third-order valence-corrected chi connectivity index (χ3v) is 2.26. The van der Waals surface area contributed by atoms with Crippen molar-refractivity contribution in [1.29, 1.82) is 0 Å². The number of halogens is 3. The first-order valence-corrected chi connectivity index (χ1v) is 5.07. The van der Waals surface area contributed by atoms with E-state index in [0.717, 1.165) is 0 Å². The summed E-state index contributed by atoms with van der Waals surface area (Å²) in [6.07, 6.45) is -4.78. The molecule has 1 aliphatic rings. The Kier molecular flexibility index (Phi) is 3.52. The molecule has 1 heterocycles. The van der Waals surface area contributed by atoms with E-state index < -0.39 is 24.3 Å². The monoisotopic (exact) mass is 239 g/mol. The molecule has 16 heavy (non-hydrogen) atoms. The molecule has 0 radical (unpaired) electrons. The topological polar surface area (TPSA) is 29.5 Å². The summed E-state index contributed by atoms with van der Waals surface area (Å²) in [4.78, 5) is 13.2. The zero-order chi connectivity index (χ0) is 12.6. The third-order valence-electron chi connectivity index (χ3n) is 2.26. The highest BCUT2D eigenvalue weighted by atomic mass is 19.4. The van der Waals surface area contributed by atoms with Crippen LogP contribution in [0.3, 0.4) is 0 Å². The molecule has 1 saturated heterocycles. The normalized spacial score (nSPS) is 18.5. The molecule has 0 bridgehead atoms. The summed E-state index contributed by atoms with van der Waals surface area (Å²) in [7, 11) is 0. The Labute approximate surface area is 92.5 Å². The Morgan fingerprint density at radius 2 is 1.81 bits per heavy atom. The highest BCUT2D eigenvalue weighted by molar-refractivity contribution is 5.82. The number of rotatable bonds is 2. The minimum absolute atomic E-state index is 0.0561. The molecule has 3 nitrogen and oxygen atoms in total. The molecule has 0 saturated carbocycles. The largest absolute Gasteiger partial charge is 0.411 e. The predicted octanol–water partition coefficient (Wildman–Crippen LogP) is 1.82. The van der Waals surface area contributed by atoms with Gasteiger partial charge in [0.25, 0.3) is 0 Å². The number of likely N-dealkylation sites (tertiary alicyclic amines) is 1. The summed E-state index contributed by atoms with van der Waals surface area (Å²) in [5.41, 5.74) is -0.491. The summed E-state index contributed by atoms with van der Waals surface area (Å²) in [5.74, 6) is -0.0561. The van der Waals surface area contributed by atoms with Gasteiger partial charge in [-0.2, -0.15) is 13.2 Å². The first-order chi connectivity index (χ1) is 7.09. The number of carbonyl (C=O) groups excluding carboxylic acids is 1. The van der Waals surface area contributed by atoms with Gasteiger partial charge in [0, 0.05) is 18.5 Å². The lowest BCUT2D eigenvalue weighted by molar-refractivity contribution is -0.201. The fourth-order valence-electron chi connectivity index (χ4n) is 1.40. The van der Waals surface area contributed by atoms with Crippen LogP contribution in [0, 0.1) is 5.41 Å². The quantitative estimate of drug-likeness (QED) is 0.735. The van der Waals surface area contributed by atoms with Crippen LogP contribution in [0.4, 0.5) is 13.2 Å². The molecule has 0 aromatic rings. The Bertz CT molecular complexity index is 264. The summed E-state index contributed by atoms with van der Waals surface area (Å²) in [5, 5.41) is 0. The van der Waals surface area contributed by atoms with Crippen molar-refractivity contribution in [3.63, 3.8) is 0 Å². The van der Waals surface area contributed by atoms with Gasteiger partial charge < -0.3 is 9.64 Å². The van der Waals surface area contributed by atoms with Crippen molar-refractivity contribution in [2.45, 2.75) is 33.1 Å². The van der Waals surface area contributed by atoms with Crippen molar-refractivity contribution < 1.29 is 22.7 Å². The second kappa shape index (κ2) is 4.24. The Hall–Kier alpha value is -0.780. The minimum Gasteiger partial charge on any atom is -0.365 e. The summed E-state index contributed by atoms with van der Waals surface area (Å²) in [6, 6.07) is 0. The van der Waals surface area contributed by atoms with E-state index in [0.29, 0.717) is 0 Å². The van der Waals surface area contributed by atoms with E-state index in [4.69, 9.17) is 0 Å². The van der Waals surface area contributed by atoms with E-state index in [1.54, 1.807) is 20.8 Å². The number of ether oxygens (including phenoxy) is 1. The predicted molar refractivity (Wildman–Crippen MR) is 51.8 cm³/mol. The Morgan fingerprint density at radius 3 is 2.19 bits per heavy atom. The van der Waals surface area contributed by atoms with E-state index >= 15 is 0 Å². The Morgan fingerprint density at radius 1 is 1.31 bits per heavy atom. The van der Waals surface area contributed by atoms with Crippen molar-refractivity contribution in [3.05, 3.63) is 0 Å². The summed E-state index contributed by atoms with van der Waals surface area (Å²) < 4.78 is 40.1. The lowest BCUT2D eigenvalue weighted by Gasteiger charge is -2.42. The molecule has 6 heteroatoms. The Balaban J connectivity index is 2.26. The minimum atomic E-state index is -4.30. The van der Waals surface area contributed by atoms with Crippen LogP contribution in [0.25, 0.3) is 0 Å². The molecule has 1 amide bonds. The first-order valence-electron chi connectivity index (χ1n) is 5.07. The lowest BCUT2D eigenvalue weighted by atomic mass is 9.93. The molecule has 1 rings (SSSR count). The van der Waals surface area contributed by atoms with Crippen molar-refractivity contribution in [2.24, 2.45) is 5.41 Å². The second-order valence-corrected chi connectivity index (χ2v) is 5.01. The maximum absolute atomic E-state index is 11.8. The maximum atomic E-state index is 11.8. The molecule has 0 aromatic carbocycles. The van der Waals surface area contributed by atoms with E-state index in [9.17, 15) is 18.0 Å². The third kappa shape index (κ3) is 3.66. The van der Waals surface area contributed by atoms with Crippen LogP contribution in [0.2, 0.25) is 0 Å². The highest BCUT2D eigenvalue weighted by Crippen LogP contribution is 2.24. The molecule has 1 aliphatic heterocycles. The van der Waals surface area contributed by atoms with Gasteiger partial charge in [-0.3, -0.25) is 4.79 Å². The second-order valence-electron chi connectivity index (χ2n) is 5.01. The molecule has 94 valence electrons. The zero-order valence-electron chi connectivity index (χ0n) is 9.60. The van der Waals surface area contributed by atoms with E-state index in [1.807, 2.05) is 0 Å². The van der Waals surface area contributed by atoms with Gasteiger partial charge in [-0.15, -0.1) is 0 Å². The van der Waals surface area contributed by atoms with E-state index in [1.165, 1.54) is 4.90 Å². The fraction of sp³-hybridized carbons (Fsp3) is 0.900. The fourth-order valence-corrected chi connectivity index (χ4v) is 1.40. The SMILES string of the molecule is CC(C)(C)C(=O)N1CC(OCC(F)(F)F)C1. The van der Waals surface area contributed by atoms with Crippen LogP contribution in [0.1, 0.15) is 20.8 Å². The van der Waals surface area contributed by atoms with Crippen molar-refractivity contribution in [3.8, 4) is 0 Å². The maximum Gasteiger partial charge on any atom is 0.411 e. The molecular formula is C10H16F3NO2. The molecule has 1 fully saturated rings. The van der Waals surface area contributed by atoms with Crippen molar-refractivity contribution in [1.82, 2.24) is 4.90 Å². The molecule has 0 spiro atoms. The van der Waals surface area contributed by atoms with Gasteiger partial charge in [-0.25, -0.2) is 0 Å². The van der Waals surface area contributed by atoms with Crippen LogP contribution in [-0.2, 0) is 9.53 Å². The molecule has 0 N–H and O–H groups in total. The highest BCUT2D eigenvalue weighted by Gasteiger charge is 2.38. The number of alkyl halides is 3. The van der Waals surface area contributed by atoms with Crippen molar-refractivity contribution in [2.75, 3.05) is 19.7 Å². The standard InChI is InChI=1S/C10H16F3NO2/c1-9(2,3)8(15)14-4-7(5-14)16-6-10(11,12)13/h7H,4-6H2,1-3H3. The molecule has 0 aromatic heterocycles. The van der Waals surface area contributed by atoms with E-state index in [2.05, 4.69) is 4.74 Å². The molecule has 0 atom stereocenters. The van der Waals surface area contributed by atoms with Crippen LogP contribution in [-0.4, -0.2) is 42.8 Å². The smallest absolute Gasteiger partial charge is 0.365 e. The number of nitrogens with zero attached hydrogens (tertiary/aromatic N) is 1. The number of carbonyl (C=O) groups is 1. The average molecular weight is 239 g/mol. The first kappa shape index (κ1) is 13.3. The molecule has 0 unspecified atom stereocenters.